The van der Waals surface area contributed by atoms with E-state index in [0.29, 0.717) is 5.69 Å². The molecule has 110 valence electrons. The number of hydrogen-bond donors (Lipinski definition) is 2. The van der Waals surface area contributed by atoms with Gasteiger partial charge in [0.05, 0.1) is 12.0 Å². The van der Waals surface area contributed by atoms with Gasteiger partial charge in [-0.25, -0.2) is 0 Å². The summed E-state index contributed by atoms with van der Waals surface area (Å²) in [6, 6.07) is 5.54. The molecule has 1 amide bonds. The number of amides is 1. The van der Waals surface area contributed by atoms with Gasteiger partial charge in [-0.15, -0.1) is 5.10 Å². The summed E-state index contributed by atoms with van der Waals surface area (Å²) in [5.41, 5.74) is 1.60. The van der Waals surface area contributed by atoms with E-state index in [2.05, 4.69) is 15.5 Å². The van der Waals surface area contributed by atoms with Crippen LogP contribution in [0.4, 0.5) is 11.4 Å². The Morgan fingerprint density at radius 2 is 2.00 bits per heavy atom. The number of anilines is 1. The Morgan fingerprint density at radius 1 is 1.38 bits per heavy atom. The summed E-state index contributed by atoms with van der Waals surface area (Å²) in [7, 11) is 1.25. The van der Waals surface area contributed by atoms with E-state index in [1.807, 2.05) is 32.0 Å². The lowest BCUT2D eigenvalue weighted by Crippen LogP contribution is -2.15. The van der Waals surface area contributed by atoms with Crippen LogP contribution >= 0.6 is 0 Å². The van der Waals surface area contributed by atoms with Crippen LogP contribution in [-0.4, -0.2) is 28.1 Å². The molecular weight excluding hydrogens is 276 g/mol. The number of carbonyl (C=O) groups is 1. The highest BCUT2D eigenvalue weighted by Crippen LogP contribution is 2.29. The molecule has 1 aromatic carbocycles. The van der Waals surface area contributed by atoms with E-state index in [9.17, 15) is 14.9 Å². The summed E-state index contributed by atoms with van der Waals surface area (Å²) in [5.74, 6) is -0.874. The van der Waals surface area contributed by atoms with Crippen molar-refractivity contribution < 1.29 is 14.5 Å². The van der Waals surface area contributed by atoms with Gasteiger partial charge in [0.25, 0.3) is 5.91 Å². The Kier molecular flexibility index (Phi) is 3.88. The molecule has 0 unspecified atom stereocenters. The molecule has 2 rings (SSSR count). The normalized spacial score (nSPS) is 10.2. The molecule has 2 aromatic rings. The van der Waals surface area contributed by atoms with Gasteiger partial charge in [-0.2, -0.15) is 0 Å². The van der Waals surface area contributed by atoms with E-state index >= 15 is 0 Å². The topological polar surface area (TPSA) is 110 Å². The average Bonchev–Trinajstić information content (AvgIpc) is 2.87. The molecule has 1 aromatic heterocycles. The number of nitro groups is 1. The summed E-state index contributed by atoms with van der Waals surface area (Å²) >= 11 is 0. The molecule has 0 aliphatic heterocycles. The molecular formula is C13H14N4O4. The fraction of sp³-hybridized carbons (Fsp3) is 0.231. The largest absolute Gasteiger partial charge is 0.475 e. The number of aromatic nitrogens is 2. The number of hydrogen-bond acceptors (Lipinski definition) is 5. The van der Waals surface area contributed by atoms with Crippen molar-refractivity contribution in [2.75, 3.05) is 12.4 Å². The van der Waals surface area contributed by atoms with Crippen LogP contribution < -0.4 is 10.1 Å². The van der Waals surface area contributed by atoms with Crippen LogP contribution in [0.25, 0.3) is 0 Å². The van der Waals surface area contributed by atoms with Crippen LogP contribution in [-0.2, 0) is 0 Å². The van der Waals surface area contributed by atoms with Gasteiger partial charge in [-0.3, -0.25) is 20.0 Å². The summed E-state index contributed by atoms with van der Waals surface area (Å²) in [6.07, 6.45) is 0. The first kappa shape index (κ1) is 14.5. The molecule has 0 radical (unpaired) electrons. The van der Waals surface area contributed by atoms with Gasteiger partial charge < -0.3 is 10.1 Å². The second-order valence-corrected chi connectivity index (χ2v) is 4.43. The number of ether oxygens (including phenoxy) is 1. The number of aryl methyl sites for hydroxylation is 2. The Morgan fingerprint density at radius 3 is 2.52 bits per heavy atom. The zero-order chi connectivity index (χ0) is 15.6. The van der Waals surface area contributed by atoms with Crippen molar-refractivity contribution in [2.24, 2.45) is 0 Å². The lowest BCUT2D eigenvalue weighted by molar-refractivity contribution is -0.386. The van der Waals surface area contributed by atoms with Crippen LogP contribution in [0.2, 0.25) is 0 Å². The van der Waals surface area contributed by atoms with Crippen molar-refractivity contribution in [3.63, 3.8) is 0 Å². The van der Waals surface area contributed by atoms with Gasteiger partial charge in [0.1, 0.15) is 0 Å². The van der Waals surface area contributed by atoms with Crippen LogP contribution in [0, 0.1) is 24.0 Å². The first-order valence-corrected chi connectivity index (χ1v) is 6.10. The molecule has 0 saturated carbocycles. The Bertz CT molecular complexity index is 688. The number of carbonyl (C=O) groups excluding carboxylic acids is 1. The molecule has 0 saturated heterocycles. The number of methoxy groups -OCH3 is 1. The van der Waals surface area contributed by atoms with Gasteiger partial charge in [0.2, 0.25) is 5.69 Å². The lowest BCUT2D eigenvalue weighted by Gasteiger charge is -2.10. The minimum atomic E-state index is -0.706. The molecule has 1 heterocycles. The summed E-state index contributed by atoms with van der Waals surface area (Å²) in [4.78, 5) is 22.6. The van der Waals surface area contributed by atoms with E-state index in [1.54, 1.807) is 0 Å². The maximum atomic E-state index is 12.2. The van der Waals surface area contributed by atoms with E-state index in [0.717, 1.165) is 11.1 Å². The SMILES string of the molecule is COc1n[nH]c(C(=O)Nc2c(C)cccc2C)c1[N+](=O)[O-]. The predicted octanol–water partition coefficient (Wildman–Crippen LogP) is 2.20. The Hall–Kier alpha value is -2.90. The number of nitrogens with zero attached hydrogens (tertiary/aromatic N) is 2. The van der Waals surface area contributed by atoms with E-state index in [1.165, 1.54) is 7.11 Å². The van der Waals surface area contributed by atoms with Gasteiger partial charge in [0, 0.05) is 5.69 Å². The molecule has 8 heteroatoms. The molecule has 0 spiro atoms. The molecule has 0 aliphatic rings. The fourth-order valence-electron chi connectivity index (χ4n) is 1.98. The van der Waals surface area contributed by atoms with E-state index < -0.39 is 16.5 Å². The van der Waals surface area contributed by atoms with Crippen LogP contribution in [0.3, 0.4) is 0 Å². The van der Waals surface area contributed by atoms with Crippen molar-refractivity contribution in [1.82, 2.24) is 10.2 Å². The first-order valence-electron chi connectivity index (χ1n) is 6.10. The number of H-pyrrole nitrogens is 1. The van der Waals surface area contributed by atoms with Crippen LogP contribution in [0.5, 0.6) is 5.88 Å². The molecule has 0 aliphatic carbocycles. The molecule has 0 atom stereocenters. The number of nitrogens with one attached hydrogen (secondary N) is 2. The summed E-state index contributed by atoms with van der Waals surface area (Å²) in [6.45, 7) is 3.68. The van der Waals surface area contributed by atoms with E-state index in [4.69, 9.17) is 4.74 Å². The third kappa shape index (κ3) is 2.69. The zero-order valence-electron chi connectivity index (χ0n) is 11.8. The van der Waals surface area contributed by atoms with Crippen molar-refractivity contribution >= 4 is 17.3 Å². The highest BCUT2D eigenvalue weighted by molar-refractivity contribution is 6.06. The minimum Gasteiger partial charge on any atom is -0.475 e. The van der Waals surface area contributed by atoms with Crippen molar-refractivity contribution in [2.45, 2.75) is 13.8 Å². The third-order valence-corrected chi connectivity index (χ3v) is 3.03. The minimum absolute atomic E-state index is 0.230. The second kappa shape index (κ2) is 5.61. The monoisotopic (exact) mass is 290 g/mol. The third-order valence-electron chi connectivity index (χ3n) is 3.03. The number of benzene rings is 1. The molecule has 21 heavy (non-hydrogen) atoms. The maximum Gasteiger partial charge on any atom is 0.362 e. The van der Waals surface area contributed by atoms with Crippen molar-refractivity contribution in [3.8, 4) is 5.88 Å². The Balaban J connectivity index is 2.38. The predicted molar refractivity (Wildman–Crippen MR) is 75.7 cm³/mol. The van der Waals surface area contributed by atoms with Gasteiger partial charge in [0.15, 0.2) is 0 Å². The first-order chi connectivity index (χ1) is 9.95. The quantitative estimate of drug-likeness (QED) is 0.662. The second-order valence-electron chi connectivity index (χ2n) is 4.43. The number of para-hydroxylation sites is 1. The highest BCUT2D eigenvalue weighted by Gasteiger charge is 2.30. The average molecular weight is 290 g/mol. The van der Waals surface area contributed by atoms with Gasteiger partial charge >= 0.3 is 11.6 Å². The van der Waals surface area contributed by atoms with Crippen molar-refractivity contribution in [1.29, 1.82) is 0 Å². The smallest absolute Gasteiger partial charge is 0.362 e. The Labute approximate surface area is 120 Å². The maximum absolute atomic E-state index is 12.2. The number of rotatable bonds is 4. The lowest BCUT2D eigenvalue weighted by atomic mass is 10.1. The van der Waals surface area contributed by atoms with Crippen LogP contribution in [0.15, 0.2) is 18.2 Å². The van der Waals surface area contributed by atoms with Crippen molar-refractivity contribution in [3.05, 3.63) is 45.1 Å². The standard InChI is InChI=1S/C13H14N4O4/c1-7-5-4-6-8(2)9(7)14-12(18)10-11(17(19)20)13(21-3)16-15-10/h4-6H,1-3H3,(H,14,18)(H,15,16). The molecule has 0 fully saturated rings. The molecule has 8 nitrogen and oxygen atoms in total. The fourth-order valence-corrected chi connectivity index (χ4v) is 1.98. The van der Waals surface area contributed by atoms with E-state index in [-0.39, 0.29) is 11.6 Å². The molecule has 0 bridgehead atoms. The zero-order valence-corrected chi connectivity index (χ0v) is 11.8. The van der Waals surface area contributed by atoms with Gasteiger partial charge in [-0.1, -0.05) is 18.2 Å². The van der Waals surface area contributed by atoms with Crippen LogP contribution in [0.1, 0.15) is 21.6 Å². The van der Waals surface area contributed by atoms with Gasteiger partial charge in [-0.05, 0) is 25.0 Å². The number of aromatic amines is 1. The molecule has 2 N–H and O–H groups in total. The summed E-state index contributed by atoms with van der Waals surface area (Å²) < 4.78 is 4.77. The highest BCUT2D eigenvalue weighted by atomic mass is 16.6. The summed E-state index contributed by atoms with van der Waals surface area (Å²) in [5, 5.41) is 19.6.